The lowest BCUT2D eigenvalue weighted by molar-refractivity contribution is 0.120. The first-order chi connectivity index (χ1) is 9.86. The van der Waals surface area contributed by atoms with Crippen LogP contribution in [-0.2, 0) is 0 Å². The fourth-order valence-electron chi connectivity index (χ4n) is 4.12. The molecule has 2 atom stereocenters. The number of piperazine rings is 1. The molecule has 3 rings (SSSR count). The molecule has 116 valence electrons. The van der Waals surface area contributed by atoms with Gasteiger partial charge in [-0.1, -0.05) is 13.3 Å². The summed E-state index contributed by atoms with van der Waals surface area (Å²) in [6, 6.07) is 1.79. The van der Waals surface area contributed by atoms with Crippen molar-refractivity contribution in [2.45, 2.75) is 64.0 Å². The summed E-state index contributed by atoms with van der Waals surface area (Å²) in [5.41, 5.74) is 0. The molecular weight excluding hydrogens is 246 g/mol. The van der Waals surface area contributed by atoms with Gasteiger partial charge in [0.15, 0.2) is 0 Å². The summed E-state index contributed by atoms with van der Waals surface area (Å²) >= 11 is 0. The molecule has 3 heteroatoms. The molecule has 1 aliphatic heterocycles. The van der Waals surface area contributed by atoms with Crippen LogP contribution in [0, 0.1) is 5.92 Å². The Bertz CT molecular complexity index is 282. The summed E-state index contributed by atoms with van der Waals surface area (Å²) in [5, 5.41) is 3.77. The van der Waals surface area contributed by atoms with Crippen LogP contribution in [0.5, 0.6) is 0 Å². The molecule has 0 amide bonds. The van der Waals surface area contributed by atoms with E-state index in [4.69, 9.17) is 0 Å². The van der Waals surface area contributed by atoms with Crippen LogP contribution in [-0.4, -0.2) is 61.2 Å². The first kappa shape index (κ1) is 14.8. The Balaban J connectivity index is 1.34. The zero-order valence-corrected chi connectivity index (χ0v) is 13.3. The van der Waals surface area contributed by atoms with E-state index in [1.54, 1.807) is 0 Å². The van der Waals surface area contributed by atoms with Crippen LogP contribution in [0.4, 0.5) is 0 Å². The van der Waals surface area contributed by atoms with E-state index in [9.17, 15) is 0 Å². The third-order valence-electron chi connectivity index (χ3n) is 5.60. The van der Waals surface area contributed by atoms with Crippen molar-refractivity contribution in [3.63, 3.8) is 0 Å². The summed E-state index contributed by atoms with van der Waals surface area (Å²) in [6.45, 7) is 10.1. The average Bonchev–Trinajstić information content (AvgIpc) is 3.24. The van der Waals surface area contributed by atoms with E-state index in [1.807, 2.05) is 0 Å². The fourth-order valence-corrected chi connectivity index (χ4v) is 4.12. The van der Waals surface area contributed by atoms with Gasteiger partial charge in [0.05, 0.1) is 0 Å². The summed E-state index contributed by atoms with van der Waals surface area (Å²) < 4.78 is 0. The van der Waals surface area contributed by atoms with Crippen molar-refractivity contribution in [1.82, 2.24) is 15.1 Å². The van der Waals surface area contributed by atoms with Crippen molar-refractivity contribution in [1.29, 1.82) is 0 Å². The minimum Gasteiger partial charge on any atom is -0.314 e. The standard InChI is InChI=1S/C17H33N3/c1-2-9-18-17-5-3-4-15(17)8-10-19-11-13-20(14-12-19)16-6-7-16/h15-18H,2-14H2,1H3. The smallest absolute Gasteiger partial charge is 0.0113 e. The molecule has 0 radical (unpaired) electrons. The molecule has 3 fully saturated rings. The minimum atomic E-state index is 0.822. The Morgan fingerprint density at radius 3 is 2.50 bits per heavy atom. The normalized spacial score (nSPS) is 32.9. The minimum absolute atomic E-state index is 0.822. The summed E-state index contributed by atoms with van der Waals surface area (Å²) in [5.74, 6) is 0.947. The second kappa shape index (κ2) is 7.24. The molecule has 0 aromatic rings. The van der Waals surface area contributed by atoms with Crippen LogP contribution < -0.4 is 5.32 Å². The van der Waals surface area contributed by atoms with Gasteiger partial charge in [0.2, 0.25) is 0 Å². The van der Waals surface area contributed by atoms with E-state index in [0.29, 0.717) is 0 Å². The third kappa shape index (κ3) is 3.96. The summed E-state index contributed by atoms with van der Waals surface area (Å²) in [6.07, 6.45) is 9.95. The Morgan fingerprint density at radius 1 is 1.00 bits per heavy atom. The van der Waals surface area contributed by atoms with Crippen molar-refractivity contribution in [2.24, 2.45) is 5.92 Å². The predicted molar refractivity (Wildman–Crippen MR) is 85.1 cm³/mol. The topological polar surface area (TPSA) is 18.5 Å². The van der Waals surface area contributed by atoms with E-state index in [2.05, 4.69) is 22.0 Å². The molecule has 2 aliphatic carbocycles. The highest BCUT2D eigenvalue weighted by Crippen LogP contribution is 2.30. The van der Waals surface area contributed by atoms with Gasteiger partial charge in [-0.05, 0) is 57.5 Å². The molecule has 1 saturated heterocycles. The number of nitrogens with zero attached hydrogens (tertiary/aromatic N) is 2. The van der Waals surface area contributed by atoms with E-state index >= 15 is 0 Å². The lowest BCUT2D eigenvalue weighted by Gasteiger charge is -2.35. The van der Waals surface area contributed by atoms with Gasteiger partial charge in [0.25, 0.3) is 0 Å². The highest BCUT2D eigenvalue weighted by Gasteiger charge is 2.32. The maximum absolute atomic E-state index is 3.77. The lowest BCUT2D eigenvalue weighted by Crippen LogP contribution is -2.47. The Labute approximate surface area is 125 Å². The van der Waals surface area contributed by atoms with Gasteiger partial charge < -0.3 is 10.2 Å². The van der Waals surface area contributed by atoms with Gasteiger partial charge in [-0.25, -0.2) is 0 Å². The summed E-state index contributed by atoms with van der Waals surface area (Å²) in [7, 11) is 0. The lowest BCUT2D eigenvalue weighted by atomic mass is 9.99. The van der Waals surface area contributed by atoms with Crippen LogP contribution in [0.2, 0.25) is 0 Å². The van der Waals surface area contributed by atoms with Crippen molar-refractivity contribution in [3.05, 3.63) is 0 Å². The van der Waals surface area contributed by atoms with Crippen LogP contribution in [0.15, 0.2) is 0 Å². The fraction of sp³-hybridized carbons (Fsp3) is 1.00. The number of hydrogen-bond acceptors (Lipinski definition) is 3. The zero-order chi connectivity index (χ0) is 13.8. The van der Waals surface area contributed by atoms with E-state index < -0.39 is 0 Å². The highest BCUT2D eigenvalue weighted by molar-refractivity contribution is 4.88. The SMILES string of the molecule is CCCNC1CCCC1CCN1CCN(C2CC2)CC1. The van der Waals surface area contributed by atoms with Gasteiger partial charge >= 0.3 is 0 Å². The van der Waals surface area contributed by atoms with Crippen LogP contribution in [0.1, 0.15) is 51.9 Å². The maximum Gasteiger partial charge on any atom is 0.0113 e. The zero-order valence-electron chi connectivity index (χ0n) is 13.3. The van der Waals surface area contributed by atoms with Gasteiger partial charge in [-0.2, -0.15) is 0 Å². The van der Waals surface area contributed by atoms with Gasteiger partial charge in [-0.3, -0.25) is 4.90 Å². The monoisotopic (exact) mass is 279 g/mol. The number of rotatable bonds is 7. The molecular formula is C17H33N3. The Hall–Kier alpha value is -0.120. The molecule has 0 spiro atoms. The second-order valence-corrected chi connectivity index (χ2v) is 7.15. The average molecular weight is 279 g/mol. The summed E-state index contributed by atoms with van der Waals surface area (Å²) in [4.78, 5) is 5.44. The van der Waals surface area contributed by atoms with Crippen molar-refractivity contribution < 1.29 is 0 Å². The molecule has 3 nitrogen and oxygen atoms in total. The molecule has 1 heterocycles. The van der Waals surface area contributed by atoms with Crippen LogP contribution >= 0.6 is 0 Å². The number of nitrogens with one attached hydrogen (secondary N) is 1. The molecule has 20 heavy (non-hydrogen) atoms. The highest BCUT2D eigenvalue weighted by atomic mass is 15.3. The first-order valence-corrected chi connectivity index (χ1v) is 9.06. The van der Waals surface area contributed by atoms with E-state index in [1.165, 1.54) is 84.2 Å². The van der Waals surface area contributed by atoms with Gasteiger partial charge in [0.1, 0.15) is 0 Å². The van der Waals surface area contributed by atoms with Gasteiger partial charge in [0, 0.05) is 38.3 Å². The van der Waals surface area contributed by atoms with Crippen molar-refractivity contribution in [2.75, 3.05) is 39.3 Å². The quantitative estimate of drug-likeness (QED) is 0.771. The largest absolute Gasteiger partial charge is 0.314 e. The second-order valence-electron chi connectivity index (χ2n) is 7.15. The molecule has 2 unspecified atom stereocenters. The van der Waals surface area contributed by atoms with E-state index in [0.717, 1.165) is 18.0 Å². The number of hydrogen-bond donors (Lipinski definition) is 1. The Kier molecular flexibility index (Phi) is 5.36. The molecule has 0 aromatic carbocycles. The molecule has 3 aliphatic rings. The molecule has 0 aromatic heterocycles. The maximum atomic E-state index is 3.77. The Morgan fingerprint density at radius 2 is 1.80 bits per heavy atom. The third-order valence-corrected chi connectivity index (χ3v) is 5.60. The molecule has 2 saturated carbocycles. The predicted octanol–water partition coefficient (Wildman–Crippen LogP) is 2.32. The van der Waals surface area contributed by atoms with E-state index in [-0.39, 0.29) is 0 Å². The molecule has 0 bridgehead atoms. The van der Waals surface area contributed by atoms with Crippen LogP contribution in [0.25, 0.3) is 0 Å². The van der Waals surface area contributed by atoms with Gasteiger partial charge in [-0.15, -0.1) is 0 Å². The molecule has 1 N–H and O–H groups in total. The van der Waals surface area contributed by atoms with Crippen molar-refractivity contribution in [3.8, 4) is 0 Å². The first-order valence-electron chi connectivity index (χ1n) is 9.06. The van der Waals surface area contributed by atoms with Crippen LogP contribution in [0.3, 0.4) is 0 Å². The van der Waals surface area contributed by atoms with Crippen molar-refractivity contribution >= 4 is 0 Å².